The first-order valence-corrected chi connectivity index (χ1v) is 7.75. The molecule has 2 heterocycles. The molecule has 2 aromatic rings. The van der Waals surface area contributed by atoms with Crippen LogP contribution in [-0.4, -0.2) is 40.2 Å². The van der Waals surface area contributed by atoms with Crippen LogP contribution in [0, 0.1) is 6.92 Å². The molecule has 0 unspecified atom stereocenters. The monoisotopic (exact) mass is 312 g/mol. The molecule has 0 radical (unpaired) electrons. The second-order valence-corrected chi connectivity index (χ2v) is 5.84. The third kappa shape index (κ3) is 3.77. The number of anilines is 2. The second kappa shape index (κ2) is 6.64. The summed E-state index contributed by atoms with van der Waals surface area (Å²) in [7, 11) is 0. The molecule has 0 saturated carbocycles. The molecule has 120 valence electrons. The van der Waals surface area contributed by atoms with E-state index in [9.17, 15) is 4.79 Å². The van der Waals surface area contributed by atoms with E-state index in [0.29, 0.717) is 11.9 Å². The summed E-state index contributed by atoms with van der Waals surface area (Å²) in [6.45, 7) is 4.08. The number of aryl methyl sites for hydroxylation is 1. The Balaban J connectivity index is 1.55. The van der Waals surface area contributed by atoms with Crippen LogP contribution in [0.2, 0.25) is 0 Å². The van der Waals surface area contributed by atoms with E-state index in [0.717, 1.165) is 25.9 Å². The van der Waals surface area contributed by atoms with Gasteiger partial charge in [-0.1, -0.05) is 12.1 Å². The number of nitrogens with zero attached hydrogens (tertiary/aromatic N) is 3. The summed E-state index contributed by atoms with van der Waals surface area (Å²) in [6, 6.07) is 8.90. The maximum atomic E-state index is 10.8. The fourth-order valence-electron chi connectivity index (χ4n) is 2.83. The summed E-state index contributed by atoms with van der Waals surface area (Å²) in [5.41, 5.74) is 2.51. The van der Waals surface area contributed by atoms with E-state index in [1.165, 1.54) is 23.6 Å². The van der Waals surface area contributed by atoms with Crippen molar-refractivity contribution in [1.29, 1.82) is 0 Å². The van der Waals surface area contributed by atoms with Gasteiger partial charge in [-0.2, -0.15) is 0 Å². The third-order valence-electron chi connectivity index (χ3n) is 4.08. The SMILES string of the molecule is Cc1cccc(N2CCC(Nc3cnc(C(=O)O)cn3)CC2)c1. The Morgan fingerprint density at radius 3 is 2.65 bits per heavy atom. The minimum absolute atomic E-state index is 0.0372. The van der Waals surface area contributed by atoms with Gasteiger partial charge in [0.1, 0.15) is 5.82 Å². The largest absolute Gasteiger partial charge is 0.476 e. The molecule has 6 nitrogen and oxygen atoms in total. The van der Waals surface area contributed by atoms with Crippen molar-refractivity contribution in [2.24, 2.45) is 0 Å². The van der Waals surface area contributed by atoms with Gasteiger partial charge in [-0.25, -0.2) is 14.8 Å². The first-order chi connectivity index (χ1) is 11.1. The number of carboxylic acid groups (broad SMARTS) is 1. The fraction of sp³-hybridized carbons (Fsp3) is 0.353. The molecular weight excluding hydrogens is 292 g/mol. The Morgan fingerprint density at radius 2 is 2.04 bits per heavy atom. The zero-order valence-electron chi connectivity index (χ0n) is 13.1. The Labute approximate surface area is 135 Å². The minimum atomic E-state index is -1.06. The van der Waals surface area contributed by atoms with E-state index >= 15 is 0 Å². The van der Waals surface area contributed by atoms with Crippen LogP contribution >= 0.6 is 0 Å². The highest BCUT2D eigenvalue weighted by Crippen LogP contribution is 2.22. The summed E-state index contributed by atoms with van der Waals surface area (Å²) in [6.07, 6.45) is 4.79. The lowest BCUT2D eigenvalue weighted by molar-refractivity contribution is 0.0690. The van der Waals surface area contributed by atoms with Crippen molar-refractivity contribution < 1.29 is 9.90 Å². The van der Waals surface area contributed by atoms with Gasteiger partial charge in [0.2, 0.25) is 0 Å². The summed E-state index contributed by atoms with van der Waals surface area (Å²) in [5.74, 6) is -0.431. The van der Waals surface area contributed by atoms with Crippen LogP contribution in [0.4, 0.5) is 11.5 Å². The Hall–Kier alpha value is -2.63. The molecule has 0 atom stereocenters. The molecule has 3 rings (SSSR count). The van der Waals surface area contributed by atoms with E-state index < -0.39 is 5.97 Å². The lowest BCUT2D eigenvalue weighted by atomic mass is 10.0. The molecule has 0 aliphatic carbocycles. The van der Waals surface area contributed by atoms with E-state index in [2.05, 4.69) is 51.4 Å². The topological polar surface area (TPSA) is 78.4 Å². The maximum absolute atomic E-state index is 10.8. The highest BCUT2D eigenvalue weighted by molar-refractivity contribution is 5.84. The van der Waals surface area contributed by atoms with Gasteiger partial charge in [0.25, 0.3) is 0 Å². The van der Waals surface area contributed by atoms with Crippen LogP contribution in [0.5, 0.6) is 0 Å². The van der Waals surface area contributed by atoms with Crippen molar-refractivity contribution in [1.82, 2.24) is 9.97 Å². The van der Waals surface area contributed by atoms with E-state index in [1.807, 2.05) is 0 Å². The van der Waals surface area contributed by atoms with Gasteiger partial charge >= 0.3 is 5.97 Å². The Bertz CT molecular complexity index is 679. The molecule has 0 bridgehead atoms. The van der Waals surface area contributed by atoms with Gasteiger partial charge in [-0.05, 0) is 37.5 Å². The van der Waals surface area contributed by atoms with Crippen LogP contribution in [0.15, 0.2) is 36.7 Å². The van der Waals surface area contributed by atoms with Crippen molar-refractivity contribution >= 4 is 17.5 Å². The summed E-state index contributed by atoms with van der Waals surface area (Å²) < 4.78 is 0. The molecule has 1 aromatic carbocycles. The predicted molar refractivity (Wildman–Crippen MR) is 89.0 cm³/mol. The van der Waals surface area contributed by atoms with E-state index in [-0.39, 0.29) is 5.69 Å². The van der Waals surface area contributed by atoms with Gasteiger partial charge in [-0.3, -0.25) is 0 Å². The molecule has 1 aliphatic rings. The molecule has 1 fully saturated rings. The summed E-state index contributed by atoms with van der Waals surface area (Å²) in [4.78, 5) is 21.2. The molecule has 0 amide bonds. The lowest BCUT2D eigenvalue weighted by Gasteiger charge is -2.34. The molecule has 23 heavy (non-hydrogen) atoms. The van der Waals surface area contributed by atoms with Crippen molar-refractivity contribution in [3.63, 3.8) is 0 Å². The van der Waals surface area contributed by atoms with Crippen molar-refractivity contribution in [2.75, 3.05) is 23.3 Å². The van der Waals surface area contributed by atoms with Gasteiger partial charge in [-0.15, -0.1) is 0 Å². The van der Waals surface area contributed by atoms with Crippen molar-refractivity contribution in [3.8, 4) is 0 Å². The predicted octanol–water partition coefficient (Wildman–Crippen LogP) is 2.56. The summed E-state index contributed by atoms with van der Waals surface area (Å²) in [5, 5.41) is 12.2. The second-order valence-electron chi connectivity index (χ2n) is 5.84. The highest BCUT2D eigenvalue weighted by atomic mass is 16.4. The Kier molecular flexibility index (Phi) is 4.41. The fourth-order valence-corrected chi connectivity index (χ4v) is 2.83. The number of hydrogen-bond acceptors (Lipinski definition) is 5. The number of carboxylic acids is 1. The first kappa shape index (κ1) is 15.3. The molecule has 6 heteroatoms. The zero-order chi connectivity index (χ0) is 16.2. The normalized spacial score (nSPS) is 15.4. The number of nitrogens with one attached hydrogen (secondary N) is 1. The smallest absolute Gasteiger partial charge is 0.356 e. The molecule has 1 aliphatic heterocycles. The standard InChI is InChI=1S/C17H20N4O2/c1-12-3-2-4-14(9-12)21-7-5-13(6-8-21)20-16-11-18-15(10-19-16)17(22)23/h2-4,9-11,13H,5-8H2,1H3,(H,19,20)(H,22,23). The van der Waals surface area contributed by atoms with Gasteiger partial charge in [0.15, 0.2) is 5.69 Å². The number of aromatic nitrogens is 2. The molecule has 1 saturated heterocycles. The third-order valence-corrected chi connectivity index (χ3v) is 4.08. The number of piperidine rings is 1. The van der Waals surface area contributed by atoms with Gasteiger partial charge < -0.3 is 15.3 Å². The number of hydrogen-bond donors (Lipinski definition) is 2. The molecular formula is C17H20N4O2. The van der Waals surface area contributed by atoms with Crippen LogP contribution in [0.3, 0.4) is 0 Å². The number of benzene rings is 1. The van der Waals surface area contributed by atoms with E-state index in [1.54, 1.807) is 0 Å². The average molecular weight is 312 g/mol. The number of carbonyl (C=O) groups is 1. The van der Waals surface area contributed by atoms with Gasteiger partial charge in [0.05, 0.1) is 12.4 Å². The molecule has 2 N–H and O–H groups in total. The minimum Gasteiger partial charge on any atom is -0.476 e. The van der Waals surface area contributed by atoms with E-state index in [4.69, 9.17) is 5.11 Å². The lowest BCUT2D eigenvalue weighted by Crippen LogP contribution is -2.39. The van der Waals surface area contributed by atoms with Crippen LogP contribution < -0.4 is 10.2 Å². The summed E-state index contributed by atoms with van der Waals surface area (Å²) >= 11 is 0. The first-order valence-electron chi connectivity index (χ1n) is 7.75. The highest BCUT2D eigenvalue weighted by Gasteiger charge is 2.20. The van der Waals surface area contributed by atoms with Crippen LogP contribution in [-0.2, 0) is 0 Å². The molecule has 1 aromatic heterocycles. The van der Waals surface area contributed by atoms with Crippen LogP contribution in [0.25, 0.3) is 0 Å². The average Bonchev–Trinajstić information content (AvgIpc) is 2.56. The number of aromatic carboxylic acids is 1. The quantitative estimate of drug-likeness (QED) is 0.903. The Morgan fingerprint density at radius 1 is 1.26 bits per heavy atom. The zero-order valence-corrected chi connectivity index (χ0v) is 13.1. The van der Waals surface area contributed by atoms with Crippen LogP contribution in [0.1, 0.15) is 28.9 Å². The van der Waals surface area contributed by atoms with Crippen molar-refractivity contribution in [2.45, 2.75) is 25.8 Å². The van der Waals surface area contributed by atoms with Crippen molar-refractivity contribution in [3.05, 3.63) is 47.9 Å². The maximum Gasteiger partial charge on any atom is 0.356 e. The van der Waals surface area contributed by atoms with Gasteiger partial charge in [0, 0.05) is 24.8 Å². The molecule has 0 spiro atoms. The number of rotatable bonds is 4.